The topological polar surface area (TPSA) is 140 Å². The minimum atomic E-state index is -1.04. The highest BCUT2D eigenvalue weighted by Gasteiger charge is 2.32. The SMILES string of the molecule is Cc1nnc2n1CCN(C(=O)[C@H]1CC[C@H](Nc3nccc(-n4nnc5c(C(C)(C)O)cccc54)n3)CC1)C2. The smallest absolute Gasteiger partial charge is 0.226 e. The molecule has 2 N–H and O–H groups in total. The van der Waals surface area contributed by atoms with Gasteiger partial charge < -0.3 is 19.9 Å². The fourth-order valence-corrected chi connectivity index (χ4v) is 5.56. The molecule has 1 amide bonds. The molecule has 4 aromatic rings. The Kier molecular flexibility index (Phi) is 6.05. The van der Waals surface area contributed by atoms with E-state index in [0.717, 1.165) is 49.4 Å². The lowest BCUT2D eigenvalue weighted by Crippen LogP contribution is -2.43. The van der Waals surface area contributed by atoms with Crippen molar-refractivity contribution in [3.63, 3.8) is 0 Å². The van der Waals surface area contributed by atoms with Gasteiger partial charge in [0.05, 0.1) is 17.7 Å². The maximum absolute atomic E-state index is 13.2. The van der Waals surface area contributed by atoms with Crippen LogP contribution in [0.3, 0.4) is 0 Å². The Hall–Kier alpha value is -3.93. The van der Waals surface area contributed by atoms with Gasteiger partial charge >= 0.3 is 0 Å². The normalized spacial score (nSPS) is 19.9. The van der Waals surface area contributed by atoms with Gasteiger partial charge in [-0.2, -0.15) is 9.67 Å². The van der Waals surface area contributed by atoms with Crippen molar-refractivity contribution in [3.8, 4) is 5.82 Å². The largest absolute Gasteiger partial charge is 0.386 e. The summed E-state index contributed by atoms with van der Waals surface area (Å²) in [6.45, 7) is 7.41. The molecule has 0 spiro atoms. The number of aryl methyl sites for hydroxylation is 1. The average Bonchev–Trinajstić information content (AvgIpc) is 3.51. The van der Waals surface area contributed by atoms with E-state index in [-0.39, 0.29) is 17.9 Å². The van der Waals surface area contributed by atoms with Gasteiger partial charge in [-0.3, -0.25) is 4.79 Å². The highest BCUT2D eigenvalue weighted by molar-refractivity contribution is 5.80. The second-order valence-electron chi connectivity index (χ2n) is 10.7. The maximum Gasteiger partial charge on any atom is 0.226 e. The fourth-order valence-electron chi connectivity index (χ4n) is 5.56. The zero-order valence-corrected chi connectivity index (χ0v) is 21.9. The molecule has 0 bridgehead atoms. The first-order valence-corrected chi connectivity index (χ1v) is 13.1. The van der Waals surface area contributed by atoms with Crippen LogP contribution in [-0.2, 0) is 23.5 Å². The number of nitrogens with one attached hydrogen (secondary N) is 1. The predicted octanol–water partition coefficient (Wildman–Crippen LogP) is 2.35. The third kappa shape index (κ3) is 4.49. The van der Waals surface area contributed by atoms with Gasteiger partial charge in [0.25, 0.3) is 0 Å². The van der Waals surface area contributed by atoms with Crippen molar-refractivity contribution in [2.24, 2.45) is 5.92 Å². The lowest BCUT2D eigenvalue weighted by Gasteiger charge is -2.34. The molecule has 198 valence electrons. The molecule has 6 rings (SSSR count). The van der Waals surface area contributed by atoms with E-state index in [0.29, 0.717) is 35.9 Å². The third-order valence-corrected chi connectivity index (χ3v) is 7.65. The van der Waals surface area contributed by atoms with E-state index in [4.69, 9.17) is 0 Å². The molecule has 3 aromatic heterocycles. The molecule has 2 aliphatic rings. The molecule has 1 aliphatic carbocycles. The van der Waals surface area contributed by atoms with Crippen LogP contribution in [0.25, 0.3) is 16.9 Å². The molecule has 0 saturated heterocycles. The minimum Gasteiger partial charge on any atom is -0.386 e. The second-order valence-corrected chi connectivity index (χ2v) is 10.7. The van der Waals surface area contributed by atoms with E-state index in [1.165, 1.54) is 0 Å². The predicted molar refractivity (Wildman–Crippen MR) is 139 cm³/mol. The molecule has 1 saturated carbocycles. The van der Waals surface area contributed by atoms with E-state index in [2.05, 4.69) is 40.4 Å². The number of carbonyl (C=O) groups is 1. The lowest BCUT2D eigenvalue weighted by molar-refractivity contribution is -0.138. The Bertz CT molecular complexity index is 1480. The summed E-state index contributed by atoms with van der Waals surface area (Å²) in [6.07, 6.45) is 5.09. The van der Waals surface area contributed by atoms with Gasteiger partial charge in [0.15, 0.2) is 11.6 Å². The average molecular weight is 517 g/mol. The van der Waals surface area contributed by atoms with Gasteiger partial charge in [-0.25, -0.2) is 4.98 Å². The van der Waals surface area contributed by atoms with Crippen molar-refractivity contribution in [2.75, 3.05) is 11.9 Å². The first kappa shape index (κ1) is 24.4. The van der Waals surface area contributed by atoms with Crippen molar-refractivity contribution >= 4 is 22.9 Å². The van der Waals surface area contributed by atoms with Crippen LogP contribution in [0.1, 0.15) is 56.7 Å². The van der Waals surface area contributed by atoms with Crippen LogP contribution in [0.2, 0.25) is 0 Å². The quantitative estimate of drug-likeness (QED) is 0.409. The highest BCUT2D eigenvalue weighted by Crippen LogP contribution is 2.30. The molecule has 0 radical (unpaired) electrons. The maximum atomic E-state index is 13.2. The lowest BCUT2D eigenvalue weighted by atomic mass is 9.85. The van der Waals surface area contributed by atoms with E-state index >= 15 is 0 Å². The van der Waals surface area contributed by atoms with Crippen LogP contribution in [0.4, 0.5) is 5.95 Å². The van der Waals surface area contributed by atoms with Crippen LogP contribution in [0, 0.1) is 12.8 Å². The van der Waals surface area contributed by atoms with Crippen LogP contribution >= 0.6 is 0 Å². The first-order valence-electron chi connectivity index (χ1n) is 13.1. The third-order valence-electron chi connectivity index (χ3n) is 7.65. The molecule has 12 heteroatoms. The summed E-state index contributed by atoms with van der Waals surface area (Å²) in [5.41, 5.74) is 1.08. The number of hydrogen-bond acceptors (Lipinski definition) is 9. The van der Waals surface area contributed by atoms with Crippen LogP contribution in [-0.4, -0.2) is 68.2 Å². The van der Waals surface area contributed by atoms with Crippen molar-refractivity contribution in [1.29, 1.82) is 0 Å². The van der Waals surface area contributed by atoms with Crippen molar-refractivity contribution in [1.82, 2.24) is 44.6 Å². The zero-order chi connectivity index (χ0) is 26.4. The van der Waals surface area contributed by atoms with E-state index < -0.39 is 5.60 Å². The molecular formula is C26H32N10O2. The summed E-state index contributed by atoms with van der Waals surface area (Å²) in [7, 11) is 0. The number of rotatable bonds is 5. The zero-order valence-electron chi connectivity index (χ0n) is 21.9. The van der Waals surface area contributed by atoms with Gasteiger partial charge in [-0.15, -0.1) is 15.3 Å². The molecule has 4 heterocycles. The minimum absolute atomic E-state index is 0.0300. The van der Waals surface area contributed by atoms with Gasteiger partial charge in [-0.05, 0) is 52.5 Å². The Morgan fingerprint density at radius 1 is 1.08 bits per heavy atom. The van der Waals surface area contributed by atoms with Gasteiger partial charge in [0.2, 0.25) is 11.9 Å². The van der Waals surface area contributed by atoms with Gasteiger partial charge in [0, 0.05) is 42.9 Å². The van der Waals surface area contributed by atoms with E-state index in [1.807, 2.05) is 30.0 Å². The van der Waals surface area contributed by atoms with Gasteiger partial charge in [0.1, 0.15) is 11.3 Å². The Morgan fingerprint density at radius 3 is 2.68 bits per heavy atom. The number of hydrogen-bond donors (Lipinski definition) is 2. The van der Waals surface area contributed by atoms with E-state index in [1.54, 1.807) is 30.8 Å². The number of anilines is 1. The van der Waals surface area contributed by atoms with Crippen molar-refractivity contribution in [2.45, 2.75) is 71.2 Å². The summed E-state index contributed by atoms with van der Waals surface area (Å²) in [6, 6.07) is 7.62. The summed E-state index contributed by atoms with van der Waals surface area (Å²) in [5, 5.41) is 30.9. The summed E-state index contributed by atoms with van der Waals surface area (Å²) in [4.78, 5) is 24.2. The molecular weight excluding hydrogens is 484 g/mol. The summed E-state index contributed by atoms with van der Waals surface area (Å²) in [5.74, 6) is 3.13. The monoisotopic (exact) mass is 516 g/mol. The first-order chi connectivity index (χ1) is 18.3. The van der Waals surface area contributed by atoms with E-state index in [9.17, 15) is 9.90 Å². The number of aliphatic hydroxyl groups is 1. The molecule has 0 unspecified atom stereocenters. The Balaban J connectivity index is 1.10. The molecule has 1 aliphatic heterocycles. The standard InChI is InChI=1S/C26H32N10O2/c1-16-30-31-22-15-34(13-14-35(16)22)24(37)17-7-9-18(10-8-17)28-25-27-12-11-21(29-25)36-20-6-4-5-19(26(2,3)38)23(20)32-33-36/h4-6,11-12,17-18,38H,7-10,13-15H2,1-3H3,(H,27,28,29)/t17-,18-. The van der Waals surface area contributed by atoms with Crippen LogP contribution in [0.5, 0.6) is 0 Å². The second kappa shape index (κ2) is 9.43. The highest BCUT2D eigenvalue weighted by atomic mass is 16.3. The number of fused-ring (bicyclic) bond motifs is 2. The van der Waals surface area contributed by atoms with Crippen LogP contribution < -0.4 is 5.32 Å². The van der Waals surface area contributed by atoms with Crippen LogP contribution in [0.15, 0.2) is 30.5 Å². The molecule has 1 aromatic carbocycles. The Labute approximate surface area is 220 Å². The summed E-state index contributed by atoms with van der Waals surface area (Å²) >= 11 is 0. The Morgan fingerprint density at radius 2 is 1.89 bits per heavy atom. The number of carbonyl (C=O) groups excluding carboxylic acids is 1. The summed E-state index contributed by atoms with van der Waals surface area (Å²) < 4.78 is 3.75. The van der Waals surface area contributed by atoms with Crippen molar-refractivity contribution in [3.05, 3.63) is 47.7 Å². The van der Waals surface area contributed by atoms with Crippen molar-refractivity contribution < 1.29 is 9.90 Å². The fraction of sp³-hybridized carbons (Fsp3) is 0.500. The number of aromatic nitrogens is 8. The molecule has 0 atom stereocenters. The molecule has 38 heavy (non-hydrogen) atoms. The number of nitrogens with zero attached hydrogens (tertiary/aromatic N) is 9. The molecule has 1 fully saturated rings. The van der Waals surface area contributed by atoms with Gasteiger partial charge in [-0.1, -0.05) is 17.3 Å². The number of benzene rings is 1. The number of amides is 1. The molecule has 12 nitrogen and oxygen atoms in total.